The maximum atomic E-state index is 14.5. The van der Waals surface area contributed by atoms with E-state index in [-0.39, 0.29) is 18.4 Å². The van der Waals surface area contributed by atoms with Gasteiger partial charge in [-0.1, -0.05) is 25.8 Å². The second-order valence-electron chi connectivity index (χ2n) is 12.2. The molecule has 1 unspecified atom stereocenters. The predicted molar refractivity (Wildman–Crippen MR) is 128 cm³/mol. The number of allylic oxidation sites excluding steroid dienone is 2. The van der Waals surface area contributed by atoms with Gasteiger partial charge in [-0.15, -0.1) is 0 Å². The third kappa shape index (κ3) is 3.98. The van der Waals surface area contributed by atoms with Gasteiger partial charge in [0.25, 0.3) is 0 Å². The molecule has 3 aliphatic carbocycles. The van der Waals surface area contributed by atoms with E-state index in [1.807, 2.05) is 0 Å². The second kappa shape index (κ2) is 8.53. The number of fused-ring (bicyclic) bond motifs is 5. The van der Waals surface area contributed by atoms with Crippen LogP contribution in [0.15, 0.2) is 23.4 Å². The highest BCUT2D eigenvalue weighted by molar-refractivity contribution is 6.07. The molecular weight excluding hydrogens is 491 g/mol. The summed E-state index contributed by atoms with van der Waals surface area (Å²) in [7, 11) is 1.65. The summed E-state index contributed by atoms with van der Waals surface area (Å²) >= 11 is 0. The first-order valence-corrected chi connectivity index (χ1v) is 13.0. The molecule has 2 saturated carbocycles. The van der Waals surface area contributed by atoms with Crippen LogP contribution in [0.5, 0.6) is 0 Å². The highest BCUT2D eigenvalue weighted by Crippen LogP contribution is 2.66. The molecule has 0 radical (unpaired) electrons. The molecule has 0 bridgehead atoms. The fourth-order valence-electron chi connectivity index (χ4n) is 8.53. The average Bonchev–Trinajstić information content (AvgIpc) is 3.19. The zero-order valence-electron chi connectivity index (χ0n) is 21.6. The Morgan fingerprint density at radius 3 is 2.46 bits per heavy atom. The van der Waals surface area contributed by atoms with Gasteiger partial charge in [-0.3, -0.25) is 9.59 Å². The summed E-state index contributed by atoms with van der Waals surface area (Å²) in [6.07, 6.45) is 1.82. The lowest BCUT2D eigenvalue weighted by atomic mass is 9.48. The van der Waals surface area contributed by atoms with Crippen LogP contribution in [0.25, 0.3) is 0 Å². The molecule has 0 spiro atoms. The van der Waals surface area contributed by atoms with E-state index in [9.17, 15) is 31.5 Å². The summed E-state index contributed by atoms with van der Waals surface area (Å²) in [4.78, 5) is 28.2. The van der Waals surface area contributed by atoms with Crippen molar-refractivity contribution in [3.05, 3.63) is 40.6 Å². The van der Waals surface area contributed by atoms with E-state index in [1.165, 1.54) is 19.3 Å². The van der Waals surface area contributed by atoms with E-state index in [1.54, 1.807) is 11.9 Å². The number of carbonyl (C=O) groups excluding carboxylic acids is 2. The zero-order chi connectivity index (χ0) is 27.1. The highest BCUT2D eigenvalue weighted by atomic mass is 19.4. The summed E-state index contributed by atoms with van der Waals surface area (Å²) in [6.45, 7) is 6.57. The molecule has 1 heterocycles. The summed E-state index contributed by atoms with van der Waals surface area (Å²) < 4.78 is 67.3. The number of carbonyl (C=O) groups is 2. The number of amides is 2. The lowest BCUT2D eigenvalue weighted by molar-refractivity contribution is -0.147. The number of benzene rings is 1. The summed E-state index contributed by atoms with van der Waals surface area (Å²) in [5, 5.41) is 2.20. The number of likely N-dealkylation sites (tertiary alicyclic amines) is 1. The molecule has 1 aromatic carbocycles. The van der Waals surface area contributed by atoms with Crippen LogP contribution in [-0.2, 0) is 15.8 Å². The van der Waals surface area contributed by atoms with Crippen LogP contribution in [0.4, 0.5) is 27.6 Å². The topological polar surface area (TPSA) is 49.4 Å². The molecule has 9 heteroatoms. The van der Waals surface area contributed by atoms with Crippen LogP contribution in [-0.4, -0.2) is 23.8 Å². The molecule has 4 aliphatic rings. The van der Waals surface area contributed by atoms with E-state index >= 15 is 0 Å². The first kappa shape index (κ1) is 26.2. The quantitative estimate of drug-likeness (QED) is 0.337. The molecule has 37 heavy (non-hydrogen) atoms. The second-order valence-corrected chi connectivity index (χ2v) is 12.2. The summed E-state index contributed by atoms with van der Waals surface area (Å²) in [5.74, 6) is -4.21. The van der Waals surface area contributed by atoms with E-state index in [0.29, 0.717) is 23.3 Å². The van der Waals surface area contributed by atoms with Gasteiger partial charge in [-0.05, 0) is 74.7 Å². The Labute approximate surface area is 213 Å². The van der Waals surface area contributed by atoms with Gasteiger partial charge in [0.05, 0.1) is 11.3 Å². The monoisotopic (exact) mass is 524 g/mol. The Morgan fingerprint density at radius 1 is 1.08 bits per heavy atom. The van der Waals surface area contributed by atoms with Crippen molar-refractivity contribution >= 4 is 17.5 Å². The van der Waals surface area contributed by atoms with Crippen LogP contribution < -0.4 is 5.32 Å². The van der Waals surface area contributed by atoms with Crippen molar-refractivity contribution < 1.29 is 31.5 Å². The summed E-state index contributed by atoms with van der Waals surface area (Å²) in [6, 6.07) is 0.348. The van der Waals surface area contributed by atoms with E-state index in [2.05, 4.69) is 26.1 Å². The van der Waals surface area contributed by atoms with Crippen LogP contribution >= 0.6 is 0 Å². The number of nitrogens with zero attached hydrogens (tertiary/aromatic N) is 1. The van der Waals surface area contributed by atoms with Crippen molar-refractivity contribution in [3.63, 3.8) is 0 Å². The number of halogens is 5. The number of nitrogens with one attached hydrogen (secondary N) is 1. The molecule has 0 aromatic heterocycles. The Balaban J connectivity index is 1.45. The van der Waals surface area contributed by atoms with E-state index < -0.39 is 52.2 Å². The molecule has 5 rings (SSSR count). The number of alkyl halides is 3. The molecule has 1 aromatic rings. The van der Waals surface area contributed by atoms with Crippen molar-refractivity contribution in [1.82, 2.24) is 4.90 Å². The van der Waals surface area contributed by atoms with Crippen LogP contribution in [0.1, 0.15) is 71.3 Å². The Hall–Kier alpha value is -2.45. The molecule has 202 valence electrons. The number of hydrogen-bond donors (Lipinski definition) is 1. The van der Waals surface area contributed by atoms with Gasteiger partial charge in [0.1, 0.15) is 17.6 Å². The van der Waals surface area contributed by atoms with Gasteiger partial charge in [-0.2, -0.15) is 13.2 Å². The molecule has 1 N–H and O–H groups in total. The predicted octanol–water partition coefficient (Wildman–Crippen LogP) is 6.92. The van der Waals surface area contributed by atoms with Crippen molar-refractivity contribution in [2.45, 2.75) is 71.9 Å². The molecular formula is C28H33F5N2O2. The van der Waals surface area contributed by atoms with Crippen LogP contribution in [0, 0.1) is 46.1 Å². The molecule has 4 nitrogen and oxygen atoms in total. The maximum absolute atomic E-state index is 14.5. The summed E-state index contributed by atoms with van der Waals surface area (Å²) in [5.41, 5.74) is -0.479. The smallest absolute Gasteiger partial charge is 0.323 e. The molecule has 2 amide bonds. The zero-order valence-corrected chi connectivity index (χ0v) is 21.6. The third-order valence-corrected chi connectivity index (χ3v) is 10.1. The minimum Gasteiger partial charge on any atom is -0.323 e. The lowest BCUT2D eigenvalue weighted by Crippen LogP contribution is -2.57. The van der Waals surface area contributed by atoms with Gasteiger partial charge in [-0.25, -0.2) is 8.78 Å². The Kier molecular flexibility index (Phi) is 6.03. The van der Waals surface area contributed by atoms with Crippen molar-refractivity contribution in [2.24, 2.45) is 34.5 Å². The van der Waals surface area contributed by atoms with Gasteiger partial charge >= 0.3 is 6.18 Å². The molecule has 1 saturated heterocycles. The first-order chi connectivity index (χ1) is 17.2. The number of anilines is 1. The first-order valence-electron chi connectivity index (χ1n) is 13.0. The minimum atomic E-state index is -5.07. The standard InChI is InChI=1S/C28H33F5N2O2/c1-14-10-15-17-6-5-8-26(17,2)9-7-18(15)27(3)13-16(25(37)35(4)23(14)27)24(36)34-22-12-20(29)19(11-21(22)30)28(31,32)33/h11-12,15-18H,5-10,13H2,1-4H3,(H,34,36)/t15-,16?,17-,18+,26-,27+/m0/s1. The maximum Gasteiger partial charge on any atom is 0.419 e. The number of hydrogen-bond acceptors (Lipinski definition) is 2. The molecule has 6 atom stereocenters. The van der Waals surface area contributed by atoms with Crippen molar-refractivity contribution in [3.8, 4) is 0 Å². The molecule has 1 aliphatic heterocycles. The SMILES string of the molecule is CC1=C2N(C)C(=O)C(C(=O)Nc3cc(F)c(C(F)(F)F)cc3F)C[C@]2(C)[C@@H]2CC[C@]3(C)CCC[C@H]3[C@@H]2C1. The van der Waals surface area contributed by atoms with E-state index in [0.717, 1.165) is 30.5 Å². The Morgan fingerprint density at radius 2 is 1.78 bits per heavy atom. The fourth-order valence-corrected chi connectivity index (χ4v) is 8.53. The van der Waals surface area contributed by atoms with Gasteiger partial charge in [0.15, 0.2) is 0 Å². The van der Waals surface area contributed by atoms with Crippen molar-refractivity contribution in [2.75, 3.05) is 12.4 Å². The van der Waals surface area contributed by atoms with Crippen LogP contribution in [0.2, 0.25) is 0 Å². The van der Waals surface area contributed by atoms with Crippen LogP contribution in [0.3, 0.4) is 0 Å². The highest BCUT2D eigenvalue weighted by Gasteiger charge is 2.60. The Bertz CT molecular complexity index is 1190. The van der Waals surface area contributed by atoms with Gasteiger partial charge in [0.2, 0.25) is 11.8 Å². The molecule has 3 fully saturated rings. The minimum absolute atomic E-state index is 0.0254. The number of piperidine rings is 1. The lowest BCUT2D eigenvalue weighted by Gasteiger charge is -2.59. The largest absolute Gasteiger partial charge is 0.419 e. The van der Waals surface area contributed by atoms with Crippen molar-refractivity contribution in [1.29, 1.82) is 0 Å². The fraction of sp³-hybridized carbons (Fsp3) is 0.643. The number of rotatable bonds is 2. The van der Waals surface area contributed by atoms with E-state index in [4.69, 9.17) is 0 Å². The average molecular weight is 525 g/mol. The third-order valence-electron chi connectivity index (χ3n) is 10.1. The van der Waals surface area contributed by atoms with Gasteiger partial charge < -0.3 is 10.2 Å². The normalized spacial score (nSPS) is 35.7. The van der Waals surface area contributed by atoms with Gasteiger partial charge in [0, 0.05) is 24.2 Å².